The van der Waals surface area contributed by atoms with Crippen LogP contribution in [0.5, 0.6) is 0 Å². The van der Waals surface area contributed by atoms with Gasteiger partial charge in [-0.2, -0.15) is 5.26 Å². The standard InChI is InChI=1S/C9H15ClN2O/c10-4-9(13)7-12-3-1-2-8(5-11)6-12/h8-9,13H,1-4,6-7H2. The van der Waals surface area contributed by atoms with Crippen LogP contribution in [-0.4, -0.2) is 41.6 Å². The molecule has 0 spiro atoms. The van der Waals surface area contributed by atoms with Crippen LogP contribution < -0.4 is 0 Å². The average molecular weight is 203 g/mol. The minimum atomic E-state index is -0.459. The summed E-state index contributed by atoms with van der Waals surface area (Å²) in [6, 6.07) is 2.27. The number of likely N-dealkylation sites (tertiary alicyclic amines) is 1. The second kappa shape index (κ2) is 5.43. The molecule has 0 aliphatic carbocycles. The van der Waals surface area contributed by atoms with E-state index in [-0.39, 0.29) is 11.8 Å². The number of β-amino-alcohol motifs (C(OH)–C–C–N with tert-alkyl or cyclic N) is 1. The van der Waals surface area contributed by atoms with Crippen LogP contribution in [0.3, 0.4) is 0 Å². The zero-order chi connectivity index (χ0) is 9.68. The molecule has 1 aliphatic heterocycles. The van der Waals surface area contributed by atoms with Gasteiger partial charge >= 0.3 is 0 Å². The molecule has 1 saturated heterocycles. The smallest absolute Gasteiger partial charge is 0.0802 e. The van der Waals surface area contributed by atoms with Crippen molar-refractivity contribution in [3.8, 4) is 6.07 Å². The second-order valence-corrected chi connectivity index (χ2v) is 3.84. The summed E-state index contributed by atoms with van der Waals surface area (Å²) in [7, 11) is 0. The third-order valence-corrected chi connectivity index (χ3v) is 2.69. The van der Waals surface area contributed by atoms with E-state index in [4.69, 9.17) is 16.9 Å². The molecule has 4 heteroatoms. The summed E-state index contributed by atoms with van der Waals surface area (Å²) in [5.41, 5.74) is 0. The molecule has 0 bridgehead atoms. The van der Waals surface area contributed by atoms with Gasteiger partial charge in [0, 0.05) is 19.0 Å². The van der Waals surface area contributed by atoms with Gasteiger partial charge in [-0.1, -0.05) is 0 Å². The van der Waals surface area contributed by atoms with Gasteiger partial charge in [-0.25, -0.2) is 0 Å². The number of halogens is 1. The predicted octanol–water partition coefficient (Wildman–Crippen LogP) is 0.822. The van der Waals surface area contributed by atoms with Crippen LogP contribution in [0.15, 0.2) is 0 Å². The van der Waals surface area contributed by atoms with E-state index in [0.717, 1.165) is 25.9 Å². The van der Waals surface area contributed by atoms with E-state index >= 15 is 0 Å². The van der Waals surface area contributed by atoms with E-state index in [1.165, 1.54) is 0 Å². The fourth-order valence-corrected chi connectivity index (χ4v) is 1.77. The summed E-state index contributed by atoms with van der Waals surface area (Å²) in [6.45, 7) is 2.36. The van der Waals surface area contributed by atoms with Gasteiger partial charge in [-0.3, -0.25) is 4.90 Å². The SMILES string of the molecule is N#CC1CCCN(CC(O)CCl)C1. The Bertz CT molecular complexity index is 193. The Morgan fingerprint density at radius 1 is 1.69 bits per heavy atom. The number of alkyl halides is 1. The lowest BCUT2D eigenvalue weighted by molar-refractivity contribution is 0.106. The van der Waals surface area contributed by atoms with Gasteiger partial charge in [0.25, 0.3) is 0 Å². The van der Waals surface area contributed by atoms with Crippen molar-refractivity contribution >= 4 is 11.6 Å². The van der Waals surface area contributed by atoms with Crippen molar-refractivity contribution in [3.05, 3.63) is 0 Å². The first-order valence-corrected chi connectivity index (χ1v) is 5.15. The molecule has 1 aliphatic rings. The molecule has 1 heterocycles. The number of rotatable bonds is 3. The summed E-state index contributed by atoms with van der Waals surface area (Å²) in [5.74, 6) is 0.407. The molecule has 0 aromatic carbocycles. The topological polar surface area (TPSA) is 47.3 Å². The highest BCUT2D eigenvalue weighted by atomic mass is 35.5. The van der Waals surface area contributed by atoms with E-state index in [2.05, 4.69) is 11.0 Å². The van der Waals surface area contributed by atoms with E-state index < -0.39 is 6.10 Å². The van der Waals surface area contributed by atoms with Crippen LogP contribution in [0, 0.1) is 17.2 Å². The maximum absolute atomic E-state index is 9.31. The van der Waals surface area contributed by atoms with Crippen LogP contribution in [-0.2, 0) is 0 Å². The number of hydrogen-bond donors (Lipinski definition) is 1. The molecular formula is C9H15ClN2O. The number of piperidine rings is 1. The van der Waals surface area contributed by atoms with E-state index in [1.54, 1.807) is 0 Å². The highest BCUT2D eigenvalue weighted by Crippen LogP contribution is 2.15. The molecule has 0 amide bonds. The number of aliphatic hydroxyl groups excluding tert-OH is 1. The van der Waals surface area contributed by atoms with Crippen LogP contribution in [0.4, 0.5) is 0 Å². The normalized spacial score (nSPS) is 26.7. The maximum Gasteiger partial charge on any atom is 0.0802 e. The molecule has 0 aromatic heterocycles. The van der Waals surface area contributed by atoms with Gasteiger partial charge in [0.15, 0.2) is 0 Å². The largest absolute Gasteiger partial charge is 0.391 e. The molecule has 1 rings (SSSR count). The van der Waals surface area contributed by atoms with Crippen molar-refractivity contribution in [2.24, 2.45) is 5.92 Å². The van der Waals surface area contributed by atoms with Gasteiger partial charge in [-0.05, 0) is 19.4 Å². The fraction of sp³-hybridized carbons (Fsp3) is 0.889. The first-order chi connectivity index (χ1) is 6.26. The number of nitrogens with zero attached hydrogens (tertiary/aromatic N) is 2. The Balaban J connectivity index is 2.30. The summed E-state index contributed by atoms with van der Waals surface area (Å²) in [4.78, 5) is 2.12. The predicted molar refractivity (Wildman–Crippen MR) is 51.5 cm³/mol. The Morgan fingerprint density at radius 3 is 3.08 bits per heavy atom. The minimum Gasteiger partial charge on any atom is -0.391 e. The molecule has 0 aromatic rings. The van der Waals surface area contributed by atoms with E-state index in [9.17, 15) is 5.11 Å². The second-order valence-electron chi connectivity index (χ2n) is 3.54. The first kappa shape index (κ1) is 10.8. The molecule has 74 valence electrons. The van der Waals surface area contributed by atoms with Gasteiger partial charge in [0.05, 0.1) is 18.1 Å². The molecular weight excluding hydrogens is 188 g/mol. The van der Waals surface area contributed by atoms with E-state index in [0.29, 0.717) is 6.54 Å². The Kier molecular flexibility index (Phi) is 4.51. The van der Waals surface area contributed by atoms with E-state index in [1.807, 2.05) is 0 Å². The minimum absolute atomic E-state index is 0.135. The highest BCUT2D eigenvalue weighted by Gasteiger charge is 2.20. The van der Waals surface area contributed by atoms with Crippen molar-refractivity contribution in [1.29, 1.82) is 5.26 Å². The lowest BCUT2D eigenvalue weighted by Gasteiger charge is -2.30. The van der Waals surface area contributed by atoms with Gasteiger partial charge in [0.2, 0.25) is 0 Å². The van der Waals surface area contributed by atoms with Crippen molar-refractivity contribution in [1.82, 2.24) is 4.90 Å². The van der Waals surface area contributed by atoms with Crippen molar-refractivity contribution < 1.29 is 5.11 Å². The van der Waals surface area contributed by atoms with Gasteiger partial charge < -0.3 is 5.11 Å². The molecule has 3 nitrogen and oxygen atoms in total. The van der Waals surface area contributed by atoms with Crippen LogP contribution >= 0.6 is 11.6 Å². The molecule has 13 heavy (non-hydrogen) atoms. The van der Waals surface area contributed by atoms with Crippen molar-refractivity contribution in [3.63, 3.8) is 0 Å². The average Bonchev–Trinajstić information content (AvgIpc) is 2.18. The van der Waals surface area contributed by atoms with Crippen molar-refractivity contribution in [2.75, 3.05) is 25.5 Å². The number of hydrogen-bond acceptors (Lipinski definition) is 3. The first-order valence-electron chi connectivity index (χ1n) is 4.62. The summed E-state index contributed by atoms with van der Waals surface area (Å²) in [5, 5.41) is 18.0. The molecule has 0 saturated carbocycles. The quantitative estimate of drug-likeness (QED) is 0.690. The lowest BCUT2D eigenvalue weighted by Crippen LogP contribution is -2.40. The van der Waals surface area contributed by atoms with Gasteiger partial charge in [0.1, 0.15) is 0 Å². The van der Waals surface area contributed by atoms with Crippen LogP contribution in [0.25, 0.3) is 0 Å². The molecule has 0 radical (unpaired) electrons. The van der Waals surface area contributed by atoms with Crippen LogP contribution in [0.2, 0.25) is 0 Å². The van der Waals surface area contributed by atoms with Crippen LogP contribution in [0.1, 0.15) is 12.8 Å². The molecule has 1 N–H and O–H groups in total. The third-order valence-electron chi connectivity index (χ3n) is 2.34. The number of aliphatic hydroxyl groups is 1. The summed E-state index contributed by atoms with van der Waals surface area (Å²) < 4.78 is 0. The molecule has 2 atom stereocenters. The zero-order valence-corrected chi connectivity index (χ0v) is 8.37. The maximum atomic E-state index is 9.31. The highest BCUT2D eigenvalue weighted by molar-refractivity contribution is 6.18. The third kappa shape index (κ3) is 3.51. The van der Waals surface area contributed by atoms with Gasteiger partial charge in [-0.15, -0.1) is 11.6 Å². The Labute approximate surface area is 83.9 Å². The zero-order valence-electron chi connectivity index (χ0n) is 7.62. The monoisotopic (exact) mass is 202 g/mol. The molecule has 1 fully saturated rings. The number of nitriles is 1. The fourth-order valence-electron chi connectivity index (χ4n) is 1.67. The molecule has 2 unspecified atom stereocenters. The Morgan fingerprint density at radius 2 is 2.46 bits per heavy atom. The summed E-state index contributed by atoms with van der Waals surface area (Å²) >= 11 is 5.50. The van der Waals surface area contributed by atoms with Crippen molar-refractivity contribution in [2.45, 2.75) is 18.9 Å². The Hall–Kier alpha value is -0.300. The lowest BCUT2D eigenvalue weighted by atomic mass is 9.99. The summed E-state index contributed by atoms with van der Waals surface area (Å²) in [6.07, 6.45) is 1.58.